The standard InChI is InChI=1S/C26H36N4O2.HI/c1-4-27-26(28-19-22-9-8-10-24(18-22)30-13-6-7-14-30)29-20-23-12-11-21(3)17-25(23)32-16-15-31-5-2;/h6-12,17-18H,4-5,13-16,19-20H2,1-3H3,(H2,27,28,29);1H. The van der Waals surface area contributed by atoms with Crippen LogP contribution in [0.1, 0.15) is 30.5 Å². The van der Waals surface area contributed by atoms with Crippen molar-refractivity contribution in [2.45, 2.75) is 33.9 Å². The molecule has 0 fully saturated rings. The Kier molecular flexibility index (Phi) is 12.1. The molecule has 33 heavy (non-hydrogen) atoms. The molecule has 0 radical (unpaired) electrons. The number of nitrogens with one attached hydrogen (secondary N) is 2. The van der Waals surface area contributed by atoms with Gasteiger partial charge in [0.15, 0.2) is 5.96 Å². The summed E-state index contributed by atoms with van der Waals surface area (Å²) in [6.07, 6.45) is 4.41. The summed E-state index contributed by atoms with van der Waals surface area (Å²) < 4.78 is 11.4. The van der Waals surface area contributed by atoms with Crippen molar-refractivity contribution in [1.82, 2.24) is 10.6 Å². The smallest absolute Gasteiger partial charge is 0.191 e. The Morgan fingerprint density at radius 2 is 1.85 bits per heavy atom. The molecule has 2 N–H and O–H groups in total. The van der Waals surface area contributed by atoms with Crippen LogP contribution in [0.5, 0.6) is 5.75 Å². The van der Waals surface area contributed by atoms with Crippen molar-refractivity contribution in [3.8, 4) is 5.75 Å². The van der Waals surface area contributed by atoms with Crippen molar-refractivity contribution in [3.05, 3.63) is 71.3 Å². The number of halogens is 1. The van der Waals surface area contributed by atoms with E-state index in [0.717, 1.165) is 36.9 Å². The molecule has 0 saturated carbocycles. The first-order valence-corrected chi connectivity index (χ1v) is 11.5. The number of benzene rings is 2. The van der Waals surface area contributed by atoms with Gasteiger partial charge in [0.1, 0.15) is 12.4 Å². The fourth-order valence-electron chi connectivity index (χ4n) is 3.53. The Balaban J connectivity index is 0.00000385. The Morgan fingerprint density at radius 3 is 2.61 bits per heavy atom. The molecular formula is C26H37IN4O2. The quantitative estimate of drug-likeness (QED) is 0.137. The zero-order valence-electron chi connectivity index (χ0n) is 20.0. The summed E-state index contributed by atoms with van der Waals surface area (Å²) in [5.41, 5.74) is 4.71. The van der Waals surface area contributed by atoms with Crippen LogP contribution in [0, 0.1) is 6.92 Å². The molecule has 0 amide bonds. The summed E-state index contributed by atoms with van der Waals surface area (Å²) in [6, 6.07) is 14.9. The SMILES string of the molecule is CCNC(=NCc1cccc(N2CC=CC2)c1)NCc1ccc(C)cc1OCCOCC.I. The lowest BCUT2D eigenvalue weighted by Crippen LogP contribution is -2.36. The zero-order chi connectivity index (χ0) is 22.6. The summed E-state index contributed by atoms with van der Waals surface area (Å²) in [5, 5.41) is 6.79. The monoisotopic (exact) mass is 564 g/mol. The van der Waals surface area contributed by atoms with Crippen LogP contribution in [0.25, 0.3) is 0 Å². The minimum absolute atomic E-state index is 0. The number of hydrogen-bond donors (Lipinski definition) is 2. The number of guanidine groups is 1. The molecule has 1 aliphatic heterocycles. The van der Waals surface area contributed by atoms with Crippen molar-refractivity contribution >= 4 is 35.6 Å². The molecule has 0 bridgehead atoms. The second-order valence-corrected chi connectivity index (χ2v) is 7.75. The number of anilines is 1. The van der Waals surface area contributed by atoms with Gasteiger partial charge in [-0.15, -0.1) is 24.0 Å². The molecule has 6 nitrogen and oxygen atoms in total. The third kappa shape index (κ3) is 8.89. The summed E-state index contributed by atoms with van der Waals surface area (Å²) in [5.74, 6) is 1.68. The number of aliphatic imine (C=N–C) groups is 1. The first kappa shape index (κ1) is 27.0. The van der Waals surface area contributed by atoms with Crippen molar-refractivity contribution in [3.63, 3.8) is 0 Å². The molecule has 3 rings (SSSR count). The Hall–Kier alpha value is -2.26. The summed E-state index contributed by atoms with van der Waals surface area (Å²) in [4.78, 5) is 7.15. The molecule has 2 aromatic rings. The molecule has 0 spiro atoms. The second-order valence-electron chi connectivity index (χ2n) is 7.75. The molecule has 0 unspecified atom stereocenters. The fraction of sp³-hybridized carbons (Fsp3) is 0.423. The average Bonchev–Trinajstić information content (AvgIpc) is 3.35. The van der Waals surface area contributed by atoms with Gasteiger partial charge in [-0.1, -0.05) is 36.4 Å². The van der Waals surface area contributed by atoms with E-state index in [-0.39, 0.29) is 24.0 Å². The van der Waals surface area contributed by atoms with Gasteiger partial charge in [-0.2, -0.15) is 0 Å². The first-order valence-electron chi connectivity index (χ1n) is 11.5. The molecule has 0 atom stereocenters. The van der Waals surface area contributed by atoms with Gasteiger partial charge in [-0.05, 0) is 50.1 Å². The fourth-order valence-corrected chi connectivity index (χ4v) is 3.53. The van der Waals surface area contributed by atoms with Crippen LogP contribution >= 0.6 is 24.0 Å². The summed E-state index contributed by atoms with van der Waals surface area (Å²) in [6.45, 7) is 12.0. The largest absolute Gasteiger partial charge is 0.491 e. The highest BCUT2D eigenvalue weighted by Gasteiger charge is 2.09. The number of hydrogen-bond acceptors (Lipinski definition) is 4. The van der Waals surface area contributed by atoms with Crippen molar-refractivity contribution in [2.24, 2.45) is 4.99 Å². The Bertz CT molecular complexity index is 909. The topological polar surface area (TPSA) is 58.1 Å². The molecule has 7 heteroatoms. The Labute approximate surface area is 215 Å². The van der Waals surface area contributed by atoms with Crippen LogP contribution in [-0.2, 0) is 17.8 Å². The van der Waals surface area contributed by atoms with Gasteiger partial charge in [-0.25, -0.2) is 4.99 Å². The van der Waals surface area contributed by atoms with Gasteiger partial charge >= 0.3 is 0 Å². The van der Waals surface area contributed by atoms with E-state index in [2.05, 4.69) is 84.0 Å². The molecule has 0 aromatic heterocycles. The number of rotatable bonds is 11. The van der Waals surface area contributed by atoms with Gasteiger partial charge in [0.2, 0.25) is 0 Å². The maximum absolute atomic E-state index is 5.97. The molecule has 1 heterocycles. The second kappa shape index (κ2) is 14.8. The highest BCUT2D eigenvalue weighted by Crippen LogP contribution is 2.21. The maximum atomic E-state index is 5.97. The molecule has 180 valence electrons. The first-order chi connectivity index (χ1) is 15.7. The Morgan fingerprint density at radius 1 is 1.03 bits per heavy atom. The zero-order valence-corrected chi connectivity index (χ0v) is 22.3. The van der Waals surface area contributed by atoms with E-state index in [0.29, 0.717) is 32.9 Å². The minimum Gasteiger partial charge on any atom is -0.491 e. The normalized spacial score (nSPS) is 13.1. The molecular weight excluding hydrogens is 527 g/mol. The van der Waals surface area contributed by atoms with Gasteiger partial charge in [0.25, 0.3) is 0 Å². The summed E-state index contributed by atoms with van der Waals surface area (Å²) >= 11 is 0. The van der Waals surface area contributed by atoms with Crippen molar-refractivity contribution < 1.29 is 9.47 Å². The molecule has 2 aromatic carbocycles. The van der Waals surface area contributed by atoms with E-state index < -0.39 is 0 Å². The highest BCUT2D eigenvalue weighted by molar-refractivity contribution is 14.0. The van der Waals surface area contributed by atoms with Gasteiger partial charge in [0, 0.05) is 44.0 Å². The van der Waals surface area contributed by atoms with E-state index in [1.165, 1.54) is 16.8 Å². The van der Waals surface area contributed by atoms with Crippen LogP contribution in [0.15, 0.2) is 59.6 Å². The van der Waals surface area contributed by atoms with E-state index in [1.807, 2.05) is 6.92 Å². The number of aryl methyl sites for hydroxylation is 1. The minimum atomic E-state index is 0. The van der Waals surface area contributed by atoms with Crippen LogP contribution < -0.4 is 20.3 Å². The van der Waals surface area contributed by atoms with Crippen molar-refractivity contribution in [2.75, 3.05) is 44.4 Å². The highest BCUT2D eigenvalue weighted by atomic mass is 127. The lowest BCUT2D eigenvalue weighted by Gasteiger charge is -2.18. The predicted molar refractivity (Wildman–Crippen MR) is 148 cm³/mol. The van der Waals surface area contributed by atoms with Gasteiger partial charge in [0.05, 0.1) is 13.2 Å². The lowest BCUT2D eigenvalue weighted by atomic mass is 10.1. The molecule has 0 saturated heterocycles. The third-order valence-corrected chi connectivity index (χ3v) is 5.22. The third-order valence-electron chi connectivity index (χ3n) is 5.22. The van der Waals surface area contributed by atoms with E-state index in [9.17, 15) is 0 Å². The maximum Gasteiger partial charge on any atom is 0.191 e. The van der Waals surface area contributed by atoms with E-state index in [1.54, 1.807) is 0 Å². The molecule has 0 aliphatic carbocycles. The van der Waals surface area contributed by atoms with Crippen LogP contribution in [0.4, 0.5) is 5.69 Å². The number of nitrogens with zero attached hydrogens (tertiary/aromatic N) is 2. The van der Waals surface area contributed by atoms with Crippen LogP contribution in [0.2, 0.25) is 0 Å². The van der Waals surface area contributed by atoms with E-state index in [4.69, 9.17) is 14.5 Å². The predicted octanol–water partition coefficient (Wildman–Crippen LogP) is 4.66. The summed E-state index contributed by atoms with van der Waals surface area (Å²) in [7, 11) is 0. The lowest BCUT2D eigenvalue weighted by molar-refractivity contribution is 0.110. The van der Waals surface area contributed by atoms with Crippen LogP contribution in [-0.4, -0.2) is 45.4 Å². The van der Waals surface area contributed by atoms with Gasteiger partial charge < -0.3 is 25.0 Å². The van der Waals surface area contributed by atoms with Crippen LogP contribution in [0.3, 0.4) is 0 Å². The van der Waals surface area contributed by atoms with E-state index >= 15 is 0 Å². The van der Waals surface area contributed by atoms with Gasteiger partial charge in [-0.3, -0.25) is 0 Å². The van der Waals surface area contributed by atoms with Crippen molar-refractivity contribution in [1.29, 1.82) is 0 Å². The average molecular weight is 565 g/mol. The number of ether oxygens (including phenoxy) is 2. The molecule has 1 aliphatic rings.